The van der Waals surface area contributed by atoms with E-state index in [4.69, 9.17) is 0 Å². The molecular weight excluding hydrogens is 239 g/mol. The second-order valence-corrected chi connectivity index (χ2v) is 4.59. The summed E-state index contributed by atoms with van der Waals surface area (Å²) in [6, 6.07) is 10.9. The number of pyridine rings is 1. The van der Waals surface area contributed by atoms with Crippen molar-refractivity contribution in [2.45, 2.75) is 25.8 Å². The van der Waals surface area contributed by atoms with Gasteiger partial charge in [0.2, 0.25) is 0 Å². The van der Waals surface area contributed by atoms with E-state index in [-0.39, 0.29) is 11.9 Å². The van der Waals surface area contributed by atoms with Gasteiger partial charge in [0.1, 0.15) is 5.82 Å². The van der Waals surface area contributed by atoms with Gasteiger partial charge in [-0.15, -0.1) is 0 Å². The Morgan fingerprint density at radius 2 is 1.89 bits per heavy atom. The molecule has 0 bridgehead atoms. The number of hydrogen-bond donors (Lipinski definition) is 1. The molecule has 19 heavy (non-hydrogen) atoms. The van der Waals surface area contributed by atoms with Gasteiger partial charge in [-0.3, -0.25) is 4.98 Å². The Morgan fingerprint density at radius 3 is 2.58 bits per heavy atom. The summed E-state index contributed by atoms with van der Waals surface area (Å²) in [6.07, 6.45) is 5.34. The number of hydrogen-bond acceptors (Lipinski definition) is 2. The molecule has 2 aromatic rings. The maximum Gasteiger partial charge on any atom is 0.127 e. The van der Waals surface area contributed by atoms with Crippen LogP contribution in [0.5, 0.6) is 0 Å². The van der Waals surface area contributed by atoms with Crippen LogP contribution in [0.4, 0.5) is 4.39 Å². The predicted molar refractivity (Wildman–Crippen MR) is 75.4 cm³/mol. The molecule has 1 unspecified atom stereocenters. The number of halogens is 1. The quantitative estimate of drug-likeness (QED) is 0.857. The first-order valence-corrected chi connectivity index (χ1v) is 6.68. The summed E-state index contributed by atoms with van der Waals surface area (Å²) in [5.74, 6) is -0.148. The molecule has 0 amide bonds. The summed E-state index contributed by atoms with van der Waals surface area (Å²) in [4.78, 5) is 4.01. The average molecular weight is 258 g/mol. The summed E-state index contributed by atoms with van der Waals surface area (Å²) < 4.78 is 13.9. The monoisotopic (exact) mass is 258 g/mol. The van der Waals surface area contributed by atoms with Crippen LogP contribution in [-0.2, 0) is 6.42 Å². The van der Waals surface area contributed by atoms with Crippen molar-refractivity contribution in [3.8, 4) is 0 Å². The Balaban J connectivity index is 2.19. The molecule has 2 nitrogen and oxygen atoms in total. The number of nitrogens with one attached hydrogen (secondary N) is 1. The minimum atomic E-state index is -0.148. The second kappa shape index (κ2) is 7.00. The number of aromatic nitrogens is 1. The molecule has 0 saturated heterocycles. The SMILES string of the molecule is CCCNC(Cc1ccncc1)c1ccccc1F. The van der Waals surface area contributed by atoms with E-state index in [1.165, 1.54) is 6.07 Å². The van der Waals surface area contributed by atoms with Crippen molar-refractivity contribution in [1.82, 2.24) is 10.3 Å². The van der Waals surface area contributed by atoms with E-state index >= 15 is 0 Å². The lowest BCUT2D eigenvalue weighted by molar-refractivity contribution is 0.497. The summed E-state index contributed by atoms with van der Waals surface area (Å²) in [5, 5.41) is 3.41. The summed E-state index contributed by atoms with van der Waals surface area (Å²) >= 11 is 0. The van der Waals surface area contributed by atoms with Crippen molar-refractivity contribution in [3.63, 3.8) is 0 Å². The molecule has 0 spiro atoms. The third-order valence-corrected chi connectivity index (χ3v) is 3.11. The van der Waals surface area contributed by atoms with Gasteiger partial charge in [-0.05, 0) is 43.1 Å². The van der Waals surface area contributed by atoms with Crippen LogP contribution < -0.4 is 5.32 Å². The van der Waals surface area contributed by atoms with Crippen molar-refractivity contribution < 1.29 is 4.39 Å². The zero-order valence-electron chi connectivity index (χ0n) is 11.1. The maximum absolute atomic E-state index is 13.9. The molecule has 0 fully saturated rings. The largest absolute Gasteiger partial charge is 0.310 e. The van der Waals surface area contributed by atoms with Crippen molar-refractivity contribution in [2.24, 2.45) is 0 Å². The zero-order valence-corrected chi connectivity index (χ0v) is 11.1. The Labute approximate surface area is 113 Å². The van der Waals surface area contributed by atoms with Gasteiger partial charge in [0.15, 0.2) is 0 Å². The van der Waals surface area contributed by atoms with Gasteiger partial charge >= 0.3 is 0 Å². The molecule has 1 N–H and O–H groups in total. The molecule has 1 aromatic carbocycles. The van der Waals surface area contributed by atoms with Crippen molar-refractivity contribution in [3.05, 3.63) is 65.7 Å². The normalized spacial score (nSPS) is 12.3. The topological polar surface area (TPSA) is 24.9 Å². The molecule has 0 aliphatic rings. The lowest BCUT2D eigenvalue weighted by Gasteiger charge is -2.19. The Morgan fingerprint density at radius 1 is 1.16 bits per heavy atom. The fraction of sp³-hybridized carbons (Fsp3) is 0.312. The van der Waals surface area contributed by atoms with Crippen LogP contribution in [0.3, 0.4) is 0 Å². The lowest BCUT2D eigenvalue weighted by Crippen LogP contribution is -2.25. The van der Waals surface area contributed by atoms with Gasteiger partial charge < -0.3 is 5.32 Å². The van der Waals surface area contributed by atoms with Crippen molar-refractivity contribution in [2.75, 3.05) is 6.54 Å². The zero-order chi connectivity index (χ0) is 13.5. The van der Waals surface area contributed by atoms with Crippen LogP contribution >= 0.6 is 0 Å². The van der Waals surface area contributed by atoms with E-state index in [1.54, 1.807) is 18.5 Å². The van der Waals surface area contributed by atoms with Crippen LogP contribution in [0.1, 0.15) is 30.5 Å². The molecule has 2 rings (SSSR count). The average Bonchev–Trinajstić information content (AvgIpc) is 2.45. The first kappa shape index (κ1) is 13.7. The predicted octanol–water partition coefficient (Wildman–Crippen LogP) is 3.50. The van der Waals surface area contributed by atoms with Gasteiger partial charge in [-0.2, -0.15) is 0 Å². The molecule has 1 heterocycles. The van der Waals surface area contributed by atoms with Crippen molar-refractivity contribution in [1.29, 1.82) is 0 Å². The highest BCUT2D eigenvalue weighted by Gasteiger charge is 2.15. The van der Waals surface area contributed by atoms with Crippen LogP contribution in [0.15, 0.2) is 48.8 Å². The third-order valence-electron chi connectivity index (χ3n) is 3.11. The second-order valence-electron chi connectivity index (χ2n) is 4.59. The molecule has 1 aromatic heterocycles. The molecule has 0 radical (unpaired) electrons. The van der Waals surface area contributed by atoms with Crippen molar-refractivity contribution >= 4 is 0 Å². The van der Waals surface area contributed by atoms with Crippen LogP contribution in [0, 0.1) is 5.82 Å². The minimum absolute atomic E-state index is 0.00329. The maximum atomic E-state index is 13.9. The molecule has 3 heteroatoms. The number of benzene rings is 1. The standard InChI is InChI=1S/C16H19FN2/c1-2-9-19-16(12-13-7-10-18-11-8-13)14-5-3-4-6-15(14)17/h3-8,10-11,16,19H,2,9,12H2,1H3. The Hall–Kier alpha value is -1.74. The first-order valence-electron chi connectivity index (χ1n) is 6.68. The molecule has 0 saturated carbocycles. The van der Waals surface area contributed by atoms with Gasteiger partial charge in [0, 0.05) is 24.0 Å². The molecule has 0 aliphatic carbocycles. The number of nitrogens with zero attached hydrogens (tertiary/aromatic N) is 1. The molecule has 100 valence electrons. The minimum Gasteiger partial charge on any atom is -0.310 e. The summed E-state index contributed by atoms with van der Waals surface area (Å²) in [5.41, 5.74) is 1.89. The van der Waals surface area contributed by atoms with E-state index in [0.717, 1.165) is 30.5 Å². The van der Waals surface area contributed by atoms with E-state index in [1.807, 2.05) is 24.3 Å². The van der Waals surface area contributed by atoms with E-state index in [9.17, 15) is 4.39 Å². The Bertz CT molecular complexity index is 499. The third kappa shape index (κ3) is 3.86. The lowest BCUT2D eigenvalue weighted by atomic mass is 9.99. The highest BCUT2D eigenvalue weighted by atomic mass is 19.1. The van der Waals surface area contributed by atoms with Gasteiger partial charge in [-0.25, -0.2) is 4.39 Å². The highest BCUT2D eigenvalue weighted by Crippen LogP contribution is 2.21. The number of rotatable bonds is 6. The first-order chi connectivity index (χ1) is 9.31. The van der Waals surface area contributed by atoms with E-state index in [0.29, 0.717) is 0 Å². The smallest absolute Gasteiger partial charge is 0.127 e. The molecule has 1 atom stereocenters. The molecule has 0 aliphatic heterocycles. The van der Waals surface area contributed by atoms with E-state index in [2.05, 4.69) is 17.2 Å². The van der Waals surface area contributed by atoms with Crippen LogP contribution in [-0.4, -0.2) is 11.5 Å². The Kier molecular flexibility index (Phi) is 5.04. The van der Waals surface area contributed by atoms with Gasteiger partial charge in [0.25, 0.3) is 0 Å². The highest BCUT2D eigenvalue weighted by molar-refractivity contribution is 5.24. The van der Waals surface area contributed by atoms with Crippen LogP contribution in [0.2, 0.25) is 0 Å². The summed E-state index contributed by atoms with van der Waals surface area (Å²) in [7, 11) is 0. The van der Waals surface area contributed by atoms with E-state index < -0.39 is 0 Å². The van der Waals surface area contributed by atoms with Crippen LogP contribution in [0.25, 0.3) is 0 Å². The molecular formula is C16H19FN2. The van der Waals surface area contributed by atoms with Gasteiger partial charge in [-0.1, -0.05) is 25.1 Å². The van der Waals surface area contributed by atoms with Gasteiger partial charge in [0.05, 0.1) is 0 Å². The summed E-state index contributed by atoms with van der Waals surface area (Å²) in [6.45, 7) is 2.99. The fourth-order valence-electron chi connectivity index (χ4n) is 2.12. The fourth-order valence-corrected chi connectivity index (χ4v) is 2.12.